The van der Waals surface area contributed by atoms with Crippen LogP contribution < -0.4 is 0 Å². The van der Waals surface area contributed by atoms with Gasteiger partial charge >= 0.3 is 0 Å². The summed E-state index contributed by atoms with van der Waals surface area (Å²) < 4.78 is 0. The standard InChI is InChI=1S/C8H15NO/c1-7(2)9-5-3-4-8(9)6-10/h6-8H,3-5H2,1-2H3. The van der Waals surface area contributed by atoms with Gasteiger partial charge in [0.05, 0.1) is 6.04 Å². The van der Waals surface area contributed by atoms with E-state index in [1.165, 1.54) is 6.42 Å². The van der Waals surface area contributed by atoms with Crippen LogP contribution in [0.1, 0.15) is 26.7 Å². The number of nitrogens with zero attached hydrogens (tertiary/aromatic N) is 1. The monoisotopic (exact) mass is 141 g/mol. The smallest absolute Gasteiger partial charge is 0.137 e. The van der Waals surface area contributed by atoms with Gasteiger partial charge in [0.1, 0.15) is 6.29 Å². The highest BCUT2D eigenvalue weighted by Gasteiger charge is 2.25. The molecule has 1 saturated heterocycles. The highest BCUT2D eigenvalue weighted by Crippen LogP contribution is 2.17. The maximum Gasteiger partial charge on any atom is 0.137 e. The predicted octanol–water partition coefficient (Wildman–Crippen LogP) is 1.06. The maximum atomic E-state index is 10.5. The van der Waals surface area contributed by atoms with E-state index in [0.29, 0.717) is 6.04 Å². The summed E-state index contributed by atoms with van der Waals surface area (Å²) in [5, 5.41) is 0. The molecule has 0 spiro atoms. The van der Waals surface area contributed by atoms with Gasteiger partial charge in [-0.05, 0) is 33.2 Å². The van der Waals surface area contributed by atoms with E-state index in [1.54, 1.807) is 0 Å². The SMILES string of the molecule is CC(C)N1CCCC1C=O. The highest BCUT2D eigenvalue weighted by atomic mass is 16.1. The van der Waals surface area contributed by atoms with E-state index in [1.807, 2.05) is 0 Å². The molecule has 1 aliphatic heterocycles. The third-order valence-corrected chi connectivity index (χ3v) is 2.16. The van der Waals surface area contributed by atoms with Crippen molar-refractivity contribution in [3.63, 3.8) is 0 Å². The zero-order valence-corrected chi connectivity index (χ0v) is 6.71. The maximum absolute atomic E-state index is 10.5. The van der Waals surface area contributed by atoms with Crippen LogP contribution in [0, 0.1) is 0 Å². The van der Waals surface area contributed by atoms with E-state index < -0.39 is 0 Å². The first-order valence-corrected chi connectivity index (χ1v) is 3.96. The Labute approximate surface area is 62.2 Å². The number of hydrogen-bond acceptors (Lipinski definition) is 2. The minimum Gasteiger partial charge on any atom is -0.302 e. The first-order valence-electron chi connectivity index (χ1n) is 3.96. The van der Waals surface area contributed by atoms with Crippen LogP contribution in [0.15, 0.2) is 0 Å². The number of aldehydes is 1. The molecular formula is C8H15NO. The Morgan fingerprint density at radius 1 is 1.60 bits per heavy atom. The molecule has 1 unspecified atom stereocenters. The first-order chi connectivity index (χ1) is 4.75. The fourth-order valence-electron chi connectivity index (χ4n) is 1.60. The minimum absolute atomic E-state index is 0.208. The molecule has 10 heavy (non-hydrogen) atoms. The van der Waals surface area contributed by atoms with Gasteiger partial charge in [-0.25, -0.2) is 0 Å². The summed E-state index contributed by atoms with van der Waals surface area (Å²) in [5.41, 5.74) is 0. The number of rotatable bonds is 2. The third-order valence-electron chi connectivity index (χ3n) is 2.16. The van der Waals surface area contributed by atoms with Crippen LogP contribution in [0.5, 0.6) is 0 Å². The summed E-state index contributed by atoms with van der Waals surface area (Å²) in [6, 6.07) is 0.734. The lowest BCUT2D eigenvalue weighted by Crippen LogP contribution is -2.36. The average Bonchev–Trinajstić information content (AvgIpc) is 2.33. The van der Waals surface area contributed by atoms with E-state index in [0.717, 1.165) is 19.3 Å². The Kier molecular flexibility index (Phi) is 2.44. The van der Waals surface area contributed by atoms with Gasteiger partial charge in [0.25, 0.3) is 0 Å². The van der Waals surface area contributed by atoms with Crippen molar-refractivity contribution >= 4 is 6.29 Å². The molecule has 0 aromatic heterocycles. The van der Waals surface area contributed by atoms with E-state index in [4.69, 9.17) is 0 Å². The number of carbonyl (C=O) groups is 1. The Morgan fingerprint density at radius 2 is 2.30 bits per heavy atom. The van der Waals surface area contributed by atoms with Gasteiger partial charge in [-0.15, -0.1) is 0 Å². The lowest BCUT2D eigenvalue weighted by Gasteiger charge is -2.23. The number of likely N-dealkylation sites (tertiary alicyclic amines) is 1. The summed E-state index contributed by atoms with van der Waals surface area (Å²) in [7, 11) is 0. The lowest BCUT2D eigenvalue weighted by molar-refractivity contribution is -0.112. The lowest BCUT2D eigenvalue weighted by atomic mass is 10.2. The van der Waals surface area contributed by atoms with Crippen LogP contribution in [0.25, 0.3) is 0 Å². The molecule has 0 saturated carbocycles. The number of hydrogen-bond donors (Lipinski definition) is 0. The molecule has 1 rings (SSSR count). The molecular weight excluding hydrogens is 126 g/mol. The summed E-state index contributed by atoms with van der Waals surface area (Å²) in [5.74, 6) is 0. The van der Waals surface area contributed by atoms with Gasteiger partial charge in [0, 0.05) is 6.04 Å². The molecule has 0 aromatic rings. The molecule has 58 valence electrons. The second kappa shape index (κ2) is 3.15. The molecule has 0 radical (unpaired) electrons. The van der Waals surface area contributed by atoms with Gasteiger partial charge in [0.2, 0.25) is 0 Å². The molecule has 0 amide bonds. The van der Waals surface area contributed by atoms with Crippen LogP contribution in [0.2, 0.25) is 0 Å². The minimum atomic E-state index is 0.208. The molecule has 1 atom stereocenters. The van der Waals surface area contributed by atoms with Gasteiger partial charge in [-0.2, -0.15) is 0 Å². The molecule has 1 aliphatic rings. The number of carbonyl (C=O) groups excluding carboxylic acids is 1. The van der Waals surface area contributed by atoms with Crippen LogP contribution in [-0.4, -0.2) is 29.8 Å². The molecule has 0 aliphatic carbocycles. The predicted molar refractivity (Wildman–Crippen MR) is 40.9 cm³/mol. The zero-order valence-electron chi connectivity index (χ0n) is 6.71. The van der Waals surface area contributed by atoms with Gasteiger partial charge < -0.3 is 4.79 Å². The molecule has 2 nitrogen and oxygen atoms in total. The quantitative estimate of drug-likeness (QED) is 0.536. The van der Waals surface area contributed by atoms with Crippen LogP contribution in [0.3, 0.4) is 0 Å². The van der Waals surface area contributed by atoms with Gasteiger partial charge in [0.15, 0.2) is 0 Å². The first kappa shape index (κ1) is 7.73. The fraction of sp³-hybridized carbons (Fsp3) is 0.875. The van der Waals surface area contributed by atoms with Crippen LogP contribution in [-0.2, 0) is 4.79 Å². The summed E-state index contributed by atoms with van der Waals surface area (Å²) in [6.07, 6.45) is 3.32. The van der Waals surface area contributed by atoms with Crippen LogP contribution >= 0.6 is 0 Å². The van der Waals surface area contributed by atoms with E-state index >= 15 is 0 Å². The Bertz CT molecular complexity index is 122. The molecule has 2 heteroatoms. The zero-order chi connectivity index (χ0) is 7.56. The summed E-state index contributed by atoms with van der Waals surface area (Å²) >= 11 is 0. The molecule has 1 heterocycles. The van der Waals surface area contributed by atoms with Crippen molar-refractivity contribution in [1.82, 2.24) is 4.90 Å². The molecule has 0 bridgehead atoms. The topological polar surface area (TPSA) is 20.3 Å². The van der Waals surface area contributed by atoms with E-state index in [2.05, 4.69) is 18.7 Å². The fourth-order valence-corrected chi connectivity index (χ4v) is 1.60. The second-order valence-corrected chi connectivity index (χ2v) is 3.18. The van der Waals surface area contributed by atoms with Crippen molar-refractivity contribution in [1.29, 1.82) is 0 Å². The van der Waals surface area contributed by atoms with Crippen molar-refractivity contribution in [2.45, 2.75) is 38.8 Å². The average molecular weight is 141 g/mol. The Morgan fingerprint density at radius 3 is 2.70 bits per heavy atom. The summed E-state index contributed by atoms with van der Waals surface area (Å²) in [4.78, 5) is 12.7. The van der Waals surface area contributed by atoms with Crippen molar-refractivity contribution in [3.05, 3.63) is 0 Å². The van der Waals surface area contributed by atoms with Crippen molar-refractivity contribution in [2.75, 3.05) is 6.54 Å². The highest BCUT2D eigenvalue weighted by molar-refractivity contribution is 5.58. The molecule has 1 fully saturated rings. The summed E-state index contributed by atoms with van der Waals surface area (Å²) in [6.45, 7) is 5.38. The van der Waals surface area contributed by atoms with E-state index in [-0.39, 0.29) is 6.04 Å². The van der Waals surface area contributed by atoms with Crippen molar-refractivity contribution in [3.8, 4) is 0 Å². The van der Waals surface area contributed by atoms with Crippen LogP contribution in [0.4, 0.5) is 0 Å². The Hall–Kier alpha value is -0.370. The normalized spacial score (nSPS) is 27.7. The van der Waals surface area contributed by atoms with Crippen molar-refractivity contribution in [2.24, 2.45) is 0 Å². The molecule has 0 N–H and O–H groups in total. The van der Waals surface area contributed by atoms with E-state index in [9.17, 15) is 4.79 Å². The largest absolute Gasteiger partial charge is 0.302 e. The van der Waals surface area contributed by atoms with Crippen molar-refractivity contribution < 1.29 is 4.79 Å². The van der Waals surface area contributed by atoms with Gasteiger partial charge in [-0.1, -0.05) is 0 Å². The second-order valence-electron chi connectivity index (χ2n) is 3.18. The van der Waals surface area contributed by atoms with Gasteiger partial charge in [-0.3, -0.25) is 4.90 Å². The Balaban J connectivity index is 2.49. The molecule has 0 aromatic carbocycles. The third kappa shape index (κ3) is 1.37.